The monoisotopic (exact) mass is 239 g/mol. The summed E-state index contributed by atoms with van der Waals surface area (Å²) in [6, 6.07) is 0. The van der Waals surface area contributed by atoms with Gasteiger partial charge >= 0.3 is 0 Å². The van der Waals surface area contributed by atoms with E-state index in [0.29, 0.717) is 5.92 Å². The van der Waals surface area contributed by atoms with E-state index in [4.69, 9.17) is 4.74 Å². The van der Waals surface area contributed by atoms with Crippen molar-refractivity contribution in [2.24, 2.45) is 5.92 Å². The second-order valence-corrected chi connectivity index (χ2v) is 5.49. The number of rotatable bonds is 4. The van der Waals surface area contributed by atoms with Gasteiger partial charge in [0.2, 0.25) is 0 Å². The average molecular weight is 239 g/mol. The number of thiazole rings is 1. The molecule has 2 nitrogen and oxygen atoms in total. The molecule has 1 atom stereocenters. The molecule has 0 amide bonds. The summed E-state index contributed by atoms with van der Waals surface area (Å²) < 4.78 is 5.93. The topological polar surface area (TPSA) is 22.1 Å². The Hall–Kier alpha value is -0.410. The van der Waals surface area contributed by atoms with Crippen molar-refractivity contribution >= 4 is 11.3 Å². The Morgan fingerprint density at radius 2 is 2.19 bits per heavy atom. The molecule has 16 heavy (non-hydrogen) atoms. The Labute approximate surface area is 102 Å². The highest BCUT2D eigenvalue weighted by Gasteiger charge is 2.27. The van der Waals surface area contributed by atoms with Crippen molar-refractivity contribution in [3.63, 3.8) is 0 Å². The van der Waals surface area contributed by atoms with Crippen LogP contribution in [0.4, 0.5) is 0 Å². The summed E-state index contributed by atoms with van der Waals surface area (Å²) in [6.07, 6.45) is 6.99. The predicted octanol–water partition coefficient (Wildman–Crippen LogP) is 4.11. The first-order chi connectivity index (χ1) is 7.81. The smallest absolute Gasteiger partial charge is 0.122 e. The lowest BCUT2D eigenvalue weighted by atomic mass is 9.85. The molecule has 1 saturated carbocycles. The fraction of sp³-hybridized carbons (Fsp3) is 0.769. The van der Waals surface area contributed by atoms with Crippen LogP contribution in [0, 0.1) is 12.8 Å². The SMILES string of the molecule is CCOC(c1nc(C)cs1)C1CCCCC1. The van der Waals surface area contributed by atoms with Crippen molar-refractivity contribution in [1.29, 1.82) is 0 Å². The van der Waals surface area contributed by atoms with Gasteiger partial charge < -0.3 is 4.74 Å². The van der Waals surface area contributed by atoms with Crippen LogP contribution >= 0.6 is 11.3 Å². The van der Waals surface area contributed by atoms with Gasteiger partial charge in [0.15, 0.2) is 0 Å². The summed E-state index contributed by atoms with van der Waals surface area (Å²) >= 11 is 1.76. The zero-order chi connectivity index (χ0) is 11.4. The minimum absolute atomic E-state index is 0.254. The highest BCUT2D eigenvalue weighted by Crippen LogP contribution is 2.37. The zero-order valence-corrected chi connectivity index (χ0v) is 11.1. The van der Waals surface area contributed by atoms with E-state index in [1.54, 1.807) is 11.3 Å². The molecule has 0 saturated heterocycles. The Bertz CT molecular complexity index is 317. The lowest BCUT2D eigenvalue weighted by molar-refractivity contribution is 0.00545. The van der Waals surface area contributed by atoms with E-state index in [-0.39, 0.29) is 6.10 Å². The normalized spacial score (nSPS) is 19.9. The largest absolute Gasteiger partial charge is 0.371 e. The van der Waals surface area contributed by atoms with Crippen molar-refractivity contribution in [1.82, 2.24) is 4.98 Å². The van der Waals surface area contributed by atoms with Crippen LogP contribution in [0.15, 0.2) is 5.38 Å². The van der Waals surface area contributed by atoms with Crippen LogP contribution in [0.1, 0.15) is 55.8 Å². The molecule has 1 aromatic heterocycles. The lowest BCUT2D eigenvalue weighted by Crippen LogP contribution is -2.19. The maximum absolute atomic E-state index is 5.93. The fourth-order valence-electron chi connectivity index (χ4n) is 2.53. The second kappa shape index (κ2) is 5.78. The average Bonchev–Trinajstić information content (AvgIpc) is 2.74. The van der Waals surface area contributed by atoms with E-state index in [9.17, 15) is 0 Å². The summed E-state index contributed by atoms with van der Waals surface area (Å²) in [7, 11) is 0. The van der Waals surface area contributed by atoms with Crippen LogP contribution in [-0.2, 0) is 4.74 Å². The molecule has 2 rings (SSSR count). The van der Waals surface area contributed by atoms with E-state index in [1.165, 1.54) is 37.1 Å². The minimum Gasteiger partial charge on any atom is -0.371 e. The van der Waals surface area contributed by atoms with Gasteiger partial charge in [0, 0.05) is 17.7 Å². The van der Waals surface area contributed by atoms with Crippen LogP contribution in [0.25, 0.3) is 0 Å². The van der Waals surface area contributed by atoms with Gasteiger partial charge in [-0.15, -0.1) is 11.3 Å². The molecular weight excluding hydrogens is 218 g/mol. The summed E-state index contributed by atoms with van der Waals surface area (Å²) in [4.78, 5) is 4.60. The molecular formula is C13H21NOS. The Balaban J connectivity index is 2.09. The van der Waals surface area contributed by atoms with Crippen LogP contribution < -0.4 is 0 Å². The quantitative estimate of drug-likeness (QED) is 0.789. The van der Waals surface area contributed by atoms with Crippen molar-refractivity contribution in [3.05, 3.63) is 16.1 Å². The van der Waals surface area contributed by atoms with E-state index in [2.05, 4.69) is 24.2 Å². The maximum atomic E-state index is 5.93. The molecule has 3 heteroatoms. The van der Waals surface area contributed by atoms with Gasteiger partial charge in [-0.3, -0.25) is 0 Å². The van der Waals surface area contributed by atoms with Crippen molar-refractivity contribution in [2.45, 2.75) is 52.1 Å². The number of nitrogens with zero attached hydrogens (tertiary/aromatic N) is 1. The van der Waals surface area contributed by atoms with Crippen LogP contribution in [0.3, 0.4) is 0 Å². The van der Waals surface area contributed by atoms with Crippen LogP contribution in [0.2, 0.25) is 0 Å². The Morgan fingerprint density at radius 1 is 1.44 bits per heavy atom. The van der Waals surface area contributed by atoms with Crippen LogP contribution in [-0.4, -0.2) is 11.6 Å². The number of aryl methyl sites for hydroxylation is 1. The predicted molar refractivity (Wildman–Crippen MR) is 67.8 cm³/mol. The highest BCUT2D eigenvalue weighted by molar-refractivity contribution is 7.09. The van der Waals surface area contributed by atoms with Gasteiger partial charge in [-0.25, -0.2) is 4.98 Å². The summed E-state index contributed by atoms with van der Waals surface area (Å²) in [5, 5.41) is 3.32. The molecule has 1 fully saturated rings. The van der Waals surface area contributed by atoms with Crippen LogP contribution in [0.5, 0.6) is 0 Å². The number of ether oxygens (including phenoxy) is 1. The van der Waals surface area contributed by atoms with Gasteiger partial charge in [-0.05, 0) is 32.6 Å². The minimum atomic E-state index is 0.254. The molecule has 0 bridgehead atoms. The maximum Gasteiger partial charge on any atom is 0.122 e. The summed E-state index contributed by atoms with van der Waals surface area (Å²) in [5.74, 6) is 0.694. The molecule has 1 aliphatic rings. The summed E-state index contributed by atoms with van der Waals surface area (Å²) in [5.41, 5.74) is 1.13. The van der Waals surface area contributed by atoms with E-state index >= 15 is 0 Å². The van der Waals surface area contributed by atoms with Gasteiger partial charge in [0.05, 0.1) is 0 Å². The first-order valence-electron chi connectivity index (χ1n) is 6.35. The number of hydrogen-bond acceptors (Lipinski definition) is 3. The number of aromatic nitrogens is 1. The molecule has 1 aromatic rings. The molecule has 0 N–H and O–H groups in total. The number of hydrogen-bond donors (Lipinski definition) is 0. The van der Waals surface area contributed by atoms with E-state index < -0.39 is 0 Å². The first kappa shape index (κ1) is 12.1. The van der Waals surface area contributed by atoms with Gasteiger partial charge in [0.25, 0.3) is 0 Å². The fourth-order valence-corrected chi connectivity index (χ4v) is 3.46. The van der Waals surface area contributed by atoms with Crippen molar-refractivity contribution in [3.8, 4) is 0 Å². The third kappa shape index (κ3) is 2.83. The third-order valence-electron chi connectivity index (χ3n) is 3.30. The Kier molecular flexibility index (Phi) is 4.36. The third-order valence-corrected chi connectivity index (χ3v) is 4.33. The molecule has 0 spiro atoms. The van der Waals surface area contributed by atoms with Crippen molar-refractivity contribution in [2.75, 3.05) is 6.61 Å². The molecule has 0 radical (unpaired) electrons. The highest BCUT2D eigenvalue weighted by atomic mass is 32.1. The Morgan fingerprint density at radius 3 is 2.75 bits per heavy atom. The van der Waals surface area contributed by atoms with E-state index in [1.807, 2.05) is 0 Å². The zero-order valence-electron chi connectivity index (χ0n) is 10.2. The molecule has 1 aliphatic carbocycles. The second-order valence-electron chi connectivity index (χ2n) is 4.60. The van der Waals surface area contributed by atoms with Crippen molar-refractivity contribution < 1.29 is 4.74 Å². The first-order valence-corrected chi connectivity index (χ1v) is 7.23. The molecule has 90 valence electrons. The molecule has 0 aliphatic heterocycles. The molecule has 1 heterocycles. The van der Waals surface area contributed by atoms with E-state index in [0.717, 1.165) is 12.3 Å². The van der Waals surface area contributed by atoms with Gasteiger partial charge in [-0.2, -0.15) is 0 Å². The van der Waals surface area contributed by atoms with Gasteiger partial charge in [-0.1, -0.05) is 19.3 Å². The lowest BCUT2D eigenvalue weighted by Gasteiger charge is -2.28. The summed E-state index contributed by atoms with van der Waals surface area (Å²) in [6.45, 7) is 4.93. The standard InChI is InChI=1S/C13H21NOS/c1-3-15-12(11-7-5-4-6-8-11)13-14-10(2)9-16-13/h9,11-12H,3-8H2,1-2H3. The van der Waals surface area contributed by atoms with Gasteiger partial charge in [0.1, 0.15) is 11.1 Å². The molecule has 1 unspecified atom stereocenters. The molecule has 0 aromatic carbocycles.